The number of hydrogen-bond acceptors (Lipinski definition) is 4. The lowest BCUT2D eigenvalue weighted by Gasteiger charge is -2.17. The lowest BCUT2D eigenvalue weighted by molar-refractivity contribution is -0.116. The van der Waals surface area contributed by atoms with Crippen molar-refractivity contribution in [1.82, 2.24) is 14.8 Å². The summed E-state index contributed by atoms with van der Waals surface area (Å²) in [6.45, 7) is 4.93. The molecule has 0 unspecified atom stereocenters. The van der Waals surface area contributed by atoms with Gasteiger partial charge < -0.3 is 4.90 Å². The summed E-state index contributed by atoms with van der Waals surface area (Å²) in [7, 11) is 0. The van der Waals surface area contributed by atoms with Gasteiger partial charge in [-0.1, -0.05) is 36.0 Å². The molecule has 0 radical (unpaired) electrons. The largest absolute Gasteiger partial charge is 0.311 e. The molecule has 132 valence electrons. The fourth-order valence-corrected chi connectivity index (χ4v) is 3.98. The van der Waals surface area contributed by atoms with Crippen molar-refractivity contribution in [1.29, 1.82) is 0 Å². The Bertz CT molecular complexity index is 966. The molecular formula is C20H20N4OS. The van der Waals surface area contributed by atoms with E-state index in [1.807, 2.05) is 33.7 Å². The first-order valence-corrected chi connectivity index (χ1v) is 9.61. The van der Waals surface area contributed by atoms with Gasteiger partial charge in [-0.05, 0) is 55.2 Å². The molecule has 1 aliphatic heterocycles. The van der Waals surface area contributed by atoms with Gasteiger partial charge in [-0.2, -0.15) is 0 Å². The van der Waals surface area contributed by atoms with Gasteiger partial charge >= 0.3 is 0 Å². The molecule has 1 aliphatic rings. The molecule has 0 saturated carbocycles. The van der Waals surface area contributed by atoms with Crippen LogP contribution in [-0.2, 0) is 11.2 Å². The van der Waals surface area contributed by atoms with E-state index in [4.69, 9.17) is 0 Å². The number of aromatic nitrogens is 3. The molecule has 0 aliphatic carbocycles. The number of anilines is 1. The van der Waals surface area contributed by atoms with E-state index in [0.29, 0.717) is 5.75 Å². The first kappa shape index (κ1) is 16.8. The number of nitrogens with zero attached hydrogens (tertiary/aromatic N) is 4. The van der Waals surface area contributed by atoms with Gasteiger partial charge in [0.05, 0.1) is 5.75 Å². The van der Waals surface area contributed by atoms with E-state index >= 15 is 0 Å². The van der Waals surface area contributed by atoms with Crippen LogP contribution in [0.5, 0.6) is 0 Å². The standard InChI is InChI=1S/C20H20N4OS/c1-14-7-8-17(11-15(14)2)24-13-21-22-20(24)26-12-19(25)23-10-9-16-5-3-4-6-18(16)23/h3-8,11,13H,9-10,12H2,1-2H3. The minimum Gasteiger partial charge on any atom is -0.311 e. The summed E-state index contributed by atoms with van der Waals surface area (Å²) in [6.07, 6.45) is 2.62. The van der Waals surface area contributed by atoms with Crippen LogP contribution in [-0.4, -0.2) is 33.0 Å². The summed E-state index contributed by atoms with van der Waals surface area (Å²) >= 11 is 1.43. The minimum absolute atomic E-state index is 0.106. The van der Waals surface area contributed by atoms with Crippen LogP contribution in [0.25, 0.3) is 5.69 Å². The van der Waals surface area contributed by atoms with Gasteiger partial charge in [-0.15, -0.1) is 10.2 Å². The SMILES string of the molecule is Cc1ccc(-n2cnnc2SCC(=O)N2CCc3ccccc32)cc1C. The highest BCUT2D eigenvalue weighted by Crippen LogP contribution is 2.29. The number of rotatable bonds is 4. The van der Waals surface area contributed by atoms with Crippen molar-refractivity contribution in [3.05, 3.63) is 65.5 Å². The lowest BCUT2D eigenvalue weighted by Crippen LogP contribution is -2.30. The smallest absolute Gasteiger partial charge is 0.237 e. The summed E-state index contributed by atoms with van der Waals surface area (Å²) in [5.74, 6) is 0.451. The molecular weight excluding hydrogens is 344 g/mol. The predicted octanol–water partition coefficient (Wildman–Crippen LogP) is 3.57. The van der Waals surface area contributed by atoms with Gasteiger partial charge in [0.25, 0.3) is 0 Å². The summed E-state index contributed by atoms with van der Waals surface area (Å²) in [4.78, 5) is 14.6. The zero-order valence-corrected chi connectivity index (χ0v) is 15.7. The molecule has 5 nitrogen and oxygen atoms in total. The molecule has 0 atom stereocenters. The van der Waals surface area contributed by atoms with Crippen molar-refractivity contribution in [2.75, 3.05) is 17.2 Å². The van der Waals surface area contributed by atoms with Gasteiger partial charge in [-0.3, -0.25) is 9.36 Å². The Labute approximate surface area is 157 Å². The van der Waals surface area contributed by atoms with E-state index in [1.54, 1.807) is 6.33 Å². The van der Waals surface area contributed by atoms with E-state index in [0.717, 1.165) is 29.5 Å². The van der Waals surface area contributed by atoms with Gasteiger partial charge in [0, 0.05) is 17.9 Å². The quantitative estimate of drug-likeness (QED) is 0.664. The molecule has 26 heavy (non-hydrogen) atoms. The number of benzene rings is 2. The molecule has 0 spiro atoms. The van der Waals surface area contributed by atoms with Crippen LogP contribution in [0.1, 0.15) is 16.7 Å². The number of carbonyl (C=O) groups excluding carboxylic acids is 1. The van der Waals surface area contributed by atoms with E-state index in [-0.39, 0.29) is 5.91 Å². The predicted molar refractivity (Wildman–Crippen MR) is 104 cm³/mol. The molecule has 6 heteroatoms. The average Bonchev–Trinajstić information content (AvgIpc) is 3.29. The fraction of sp³-hybridized carbons (Fsp3) is 0.250. The van der Waals surface area contributed by atoms with Crippen LogP contribution in [0.4, 0.5) is 5.69 Å². The van der Waals surface area contributed by atoms with Crippen LogP contribution in [0.2, 0.25) is 0 Å². The number of thioether (sulfide) groups is 1. The molecule has 1 amide bonds. The third-order valence-electron chi connectivity index (χ3n) is 4.80. The number of aryl methyl sites for hydroxylation is 2. The molecule has 0 bridgehead atoms. The first-order chi connectivity index (χ1) is 12.6. The van der Waals surface area contributed by atoms with Crippen LogP contribution in [0, 0.1) is 13.8 Å². The molecule has 3 aromatic rings. The Balaban J connectivity index is 1.49. The summed E-state index contributed by atoms with van der Waals surface area (Å²) < 4.78 is 1.93. The number of hydrogen-bond donors (Lipinski definition) is 0. The second-order valence-corrected chi connectivity index (χ2v) is 7.41. The molecule has 0 N–H and O–H groups in total. The monoisotopic (exact) mass is 364 g/mol. The highest BCUT2D eigenvalue weighted by molar-refractivity contribution is 7.99. The Kier molecular flexibility index (Phi) is 4.51. The zero-order valence-electron chi connectivity index (χ0n) is 14.8. The van der Waals surface area contributed by atoms with E-state index in [2.05, 4.69) is 42.2 Å². The molecule has 1 aromatic heterocycles. The van der Waals surface area contributed by atoms with Gasteiger partial charge in [0.2, 0.25) is 5.91 Å². The molecule has 0 saturated heterocycles. The highest BCUT2D eigenvalue weighted by Gasteiger charge is 2.24. The van der Waals surface area contributed by atoms with Crippen molar-refractivity contribution in [2.45, 2.75) is 25.4 Å². The van der Waals surface area contributed by atoms with Crippen molar-refractivity contribution in [3.8, 4) is 5.69 Å². The topological polar surface area (TPSA) is 51.0 Å². The number of fused-ring (bicyclic) bond motifs is 1. The number of amides is 1. The van der Waals surface area contributed by atoms with E-state index in [1.165, 1.54) is 28.5 Å². The average molecular weight is 364 g/mol. The minimum atomic E-state index is 0.106. The highest BCUT2D eigenvalue weighted by atomic mass is 32.2. The lowest BCUT2D eigenvalue weighted by atomic mass is 10.1. The van der Waals surface area contributed by atoms with Crippen LogP contribution >= 0.6 is 11.8 Å². The van der Waals surface area contributed by atoms with Crippen molar-refractivity contribution >= 4 is 23.4 Å². The maximum Gasteiger partial charge on any atom is 0.237 e. The van der Waals surface area contributed by atoms with Crippen molar-refractivity contribution in [3.63, 3.8) is 0 Å². The van der Waals surface area contributed by atoms with Gasteiger partial charge in [0.1, 0.15) is 6.33 Å². The van der Waals surface area contributed by atoms with E-state index in [9.17, 15) is 4.79 Å². The second-order valence-electron chi connectivity index (χ2n) is 6.46. The maximum atomic E-state index is 12.7. The van der Waals surface area contributed by atoms with E-state index < -0.39 is 0 Å². The Morgan fingerprint density at radius 2 is 2.00 bits per heavy atom. The van der Waals surface area contributed by atoms with Crippen LogP contribution in [0.15, 0.2) is 53.9 Å². The van der Waals surface area contributed by atoms with Crippen LogP contribution < -0.4 is 4.90 Å². The first-order valence-electron chi connectivity index (χ1n) is 8.62. The Morgan fingerprint density at radius 3 is 2.85 bits per heavy atom. The summed E-state index contributed by atoms with van der Waals surface area (Å²) in [6, 6.07) is 14.4. The number of carbonyl (C=O) groups is 1. The maximum absolute atomic E-state index is 12.7. The second kappa shape index (κ2) is 6.96. The van der Waals surface area contributed by atoms with Gasteiger partial charge in [0.15, 0.2) is 5.16 Å². The normalized spacial score (nSPS) is 13.1. The fourth-order valence-electron chi connectivity index (χ4n) is 3.18. The zero-order chi connectivity index (χ0) is 18.1. The Hall–Kier alpha value is -2.60. The van der Waals surface area contributed by atoms with Crippen LogP contribution in [0.3, 0.4) is 0 Å². The molecule has 2 aromatic carbocycles. The summed E-state index contributed by atoms with van der Waals surface area (Å²) in [5.41, 5.74) is 5.76. The van der Waals surface area contributed by atoms with Gasteiger partial charge in [-0.25, -0.2) is 0 Å². The van der Waals surface area contributed by atoms with Crippen molar-refractivity contribution in [2.24, 2.45) is 0 Å². The molecule has 0 fully saturated rings. The molecule has 4 rings (SSSR count). The van der Waals surface area contributed by atoms with Crippen molar-refractivity contribution < 1.29 is 4.79 Å². The third kappa shape index (κ3) is 3.12. The number of para-hydroxylation sites is 1. The summed E-state index contributed by atoms with van der Waals surface area (Å²) in [5, 5.41) is 8.95. The third-order valence-corrected chi connectivity index (χ3v) is 5.73. The Morgan fingerprint density at radius 1 is 1.15 bits per heavy atom. The molecule has 2 heterocycles.